The van der Waals surface area contributed by atoms with Crippen LogP contribution in [0.5, 0.6) is 0 Å². The molecule has 54 heavy (non-hydrogen) atoms. The summed E-state index contributed by atoms with van der Waals surface area (Å²) in [5.41, 5.74) is 5.00. The van der Waals surface area contributed by atoms with Gasteiger partial charge in [-0.15, -0.1) is 11.3 Å². The number of aromatic carboxylic acids is 1. The van der Waals surface area contributed by atoms with Crippen LogP contribution in [0.15, 0.2) is 102 Å². The van der Waals surface area contributed by atoms with Crippen molar-refractivity contribution in [1.29, 1.82) is 0 Å². The molecule has 1 aromatic heterocycles. The normalized spacial score (nSPS) is 12.3. The summed E-state index contributed by atoms with van der Waals surface area (Å²) in [6, 6.07) is 26.1. The molecule has 0 aliphatic heterocycles. The van der Waals surface area contributed by atoms with Gasteiger partial charge in [0.05, 0.1) is 34.4 Å². The molecule has 0 radical (unpaired) electrons. The van der Waals surface area contributed by atoms with Crippen LogP contribution in [0.1, 0.15) is 82.8 Å². The molecular weight excluding hydrogens is 727 g/mol. The predicted molar refractivity (Wildman–Crippen MR) is 209 cm³/mol. The van der Waals surface area contributed by atoms with Crippen LogP contribution in [0, 0.1) is 0 Å². The van der Waals surface area contributed by atoms with Gasteiger partial charge >= 0.3 is 11.9 Å². The molecule has 1 aliphatic carbocycles. The van der Waals surface area contributed by atoms with E-state index in [2.05, 4.69) is 10.6 Å². The van der Waals surface area contributed by atoms with Gasteiger partial charge in [-0.05, 0) is 129 Å². The second-order valence-corrected chi connectivity index (χ2v) is 15.7. The number of carboxylic acid groups (broad SMARTS) is 1. The molecule has 0 spiro atoms. The maximum atomic E-state index is 13.9. The SMILES string of the molecule is CCN(c1ccc(C(=O)O)cc1)S(=O)(=O)c1cccc(C(=O)Nc2sc3c(c2C(=O)Nc2ccc(CCc4ccc(C(=O)OC)cc4)cc2)CCCC3)c1. The number of methoxy groups -OCH3 is 1. The minimum absolute atomic E-state index is 0.0288. The third kappa shape index (κ3) is 8.37. The second-order valence-electron chi connectivity index (χ2n) is 12.8. The van der Waals surface area contributed by atoms with Crippen LogP contribution >= 0.6 is 11.3 Å². The molecule has 6 rings (SSSR count). The van der Waals surface area contributed by atoms with Gasteiger partial charge in [-0.3, -0.25) is 13.9 Å². The van der Waals surface area contributed by atoms with Gasteiger partial charge in [-0.2, -0.15) is 0 Å². The first-order valence-corrected chi connectivity index (χ1v) is 19.7. The Balaban J connectivity index is 1.16. The molecule has 278 valence electrons. The van der Waals surface area contributed by atoms with E-state index in [1.165, 1.54) is 67.0 Å². The Morgan fingerprint density at radius 2 is 1.41 bits per heavy atom. The fraction of sp³-hybridized carbons (Fsp3) is 0.220. The first-order valence-electron chi connectivity index (χ1n) is 17.5. The number of hydrogen-bond acceptors (Lipinski definition) is 8. The van der Waals surface area contributed by atoms with E-state index in [1.54, 1.807) is 19.1 Å². The molecule has 0 bridgehead atoms. The van der Waals surface area contributed by atoms with Gasteiger partial charge in [0.15, 0.2) is 0 Å². The van der Waals surface area contributed by atoms with E-state index in [-0.39, 0.29) is 40.1 Å². The number of esters is 1. The largest absolute Gasteiger partial charge is 0.478 e. The molecule has 1 aliphatic rings. The number of fused-ring (bicyclic) bond motifs is 1. The van der Waals surface area contributed by atoms with E-state index in [4.69, 9.17) is 4.74 Å². The van der Waals surface area contributed by atoms with Crippen molar-refractivity contribution in [3.05, 3.63) is 141 Å². The van der Waals surface area contributed by atoms with E-state index < -0.39 is 21.9 Å². The van der Waals surface area contributed by atoms with Crippen molar-refractivity contribution in [1.82, 2.24) is 0 Å². The number of amides is 2. The standard InChI is InChI=1S/C41H39N3O8S2/c1-3-44(32-23-19-28(20-24-32)40(47)48)54(50,51)33-8-6-7-30(25-33)37(45)43-39-36(34-9-4-5-10-35(34)53-39)38(46)42-31-21-15-27(16-22-31)12-11-26-13-17-29(18-14-26)41(49)52-2/h6-8,13-25H,3-5,9-12H2,1-2H3,(H,42,46)(H,43,45)(H,47,48). The highest BCUT2D eigenvalue weighted by molar-refractivity contribution is 7.92. The molecule has 11 nitrogen and oxygen atoms in total. The summed E-state index contributed by atoms with van der Waals surface area (Å²) in [5.74, 6) is -2.40. The van der Waals surface area contributed by atoms with Crippen LogP contribution in [0.4, 0.5) is 16.4 Å². The Morgan fingerprint density at radius 1 is 0.778 bits per heavy atom. The molecule has 0 saturated heterocycles. The number of ether oxygens (including phenoxy) is 1. The third-order valence-corrected chi connectivity index (χ3v) is 12.4. The monoisotopic (exact) mass is 765 g/mol. The molecule has 3 N–H and O–H groups in total. The Labute approximate surface area is 317 Å². The number of thiophene rings is 1. The topological polar surface area (TPSA) is 159 Å². The summed E-state index contributed by atoms with van der Waals surface area (Å²) >= 11 is 1.37. The molecule has 0 atom stereocenters. The molecule has 4 aromatic carbocycles. The first kappa shape index (κ1) is 38.0. The fourth-order valence-corrected chi connectivity index (χ4v) is 9.22. The maximum Gasteiger partial charge on any atom is 0.337 e. The van der Waals surface area contributed by atoms with Crippen molar-refractivity contribution in [2.75, 3.05) is 28.6 Å². The van der Waals surface area contributed by atoms with E-state index in [0.29, 0.717) is 28.2 Å². The highest BCUT2D eigenvalue weighted by Gasteiger charge is 2.28. The average molecular weight is 766 g/mol. The number of benzene rings is 4. The number of carbonyl (C=O) groups excluding carboxylic acids is 3. The highest BCUT2D eigenvalue weighted by atomic mass is 32.2. The zero-order chi connectivity index (χ0) is 38.4. The lowest BCUT2D eigenvalue weighted by atomic mass is 9.95. The predicted octanol–water partition coefficient (Wildman–Crippen LogP) is 7.62. The van der Waals surface area contributed by atoms with Crippen molar-refractivity contribution in [3.8, 4) is 0 Å². The van der Waals surface area contributed by atoms with Crippen LogP contribution in [-0.2, 0) is 40.4 Å². The number of carboxylic acids is 1. The maximum absolute atomic E-state index is 13.9. The second kappa shape index (κ2) is 16.5. The third-order valence-electron chi connectivity index (χ3n) is 9.29. The summed E-state index contributed by atoms with van der Waals surface area (Å²) in [4.78, 5) is 51.5. The summed E-state index contributed by atoms with van der Waals surface area (Å²) in [6.45, 7) is 1.73. The van der Waals surface area contributed by atoms with Gasteiger partial charge in [0.1, 0.15) is 5.00 Å². The lowest BCUT2D eigenvalue weighted by Gasteiger charge is -2.23. The first-order chi connectivity index (χ1) is 26.0. The van der Waals surface area contributed by atoms with Gasteiger partial charge in [0.25, 0.3) is 21.8 Å². The number of sulfonamides is 1. The van der Waals surface area contributed by atoms with Crippen LogP contribution in [-0.4, -0.2) is 50.9 Å². The number of nitrogens with zero attached hydrogens (tertiary/aromatic N) is 1. The van der Waals surface area contributed by atoms with Crippen LogP contribution < -0.4 is 14.9 Å². The van der Waals surface area contributed by atoms with Crippen molar-refractivity contribution in [2.45, 2.75) is 50.3 Å². The number of hydrogen-bond donors (Lipinski definition) is 3. The Bertz CT molecular complexity index is 2300. The molecular formula is C41H39N3O8S2. The van der Waals surface area contributed by atoms with Crippen molar-refractivity contribution >= 4 is 61.5 Å². The minimum Gasteiger partial charge on any atom is -0.478 e. The van der Waals surface area contributed by atoms with E-state index in [9.17, 15) is 32.7 Å². The summed E-state index contributed by atoms with van der Waals surface area (Å²) in [5, 5.41) is 15.5. The van der Waals surface area contributed by atoms with E-state index in [0.717, 1.165) is 58.0 Å². The Hall–Kier alpha value is -5.79. The molecule has 1 heterocycles. The van der Waals surface area contributed by atoms with E-state index >= 15 is 0 Å². The van der Waals surface area contributed by atoms with Gasteiger partial charge in [-0.1, -0.05) is 30.3 Å². The molecule has 0 unspecified atom stereocenters. The highest BCUT2D eigenvalue weighted by Crippen LogP contribution is 2.39. The average Bonchev–Trinajstić information content (AvgIpc) is 3.55. The van der Waals surface area contributed by atoms with E-state index in [1.807, 2.05) is 36.4 Å². The van der Waals surface area contributed by atoms with Crippen molar-refractivity contribution in [2.24, 2.45) is 0 Å². The van der Waals surface area contributed by atoms with Crippen molar-refractivity contribution < 1.29 is 37.4 Å². The number of carbonyl (C=O) groups is 4. The van der Waals surface area contributed by atoms with Crippen LogP contribution in [0.25, 0.3) is 0 Å². The van der Waals surface area contributed by atoms with Gasteiger partial charge in [-0.25, -0.2) is 18.0 Å². The van der Waals surface area contributed by atoms with Gasteiger partial charge < -0.3 is 20.5 Å². The summed E-state index contributed by atoms with van der Waals surface area (Å²) < 4.78 is 33.4. The van der Waals surface area contributed by atoms with Crippen LogP contribution in [0.3, 0.4) is 0 Å². The molecule has 0 saturated carbocycles. The molecule has 0 fully saturated rings. The molecule has 13 heteroatoms. The Morgan fingerprint density at radius 3 is 2.04 bits per heavy atom. The number of aryl methyl sites for hydroxylation is 3. The number of rotatable bonds is 13. The lowest BCUT2D eigenvalue weighted by Crippen LogP contribution is -2.31. The summed E-state index contributed by atoms with van der Waals surface area (Å²) in [6.07, 6.45) is 4.93. The number of nitrogens with one attached hydrogen (secondary N) is 2. The fourth-order valence-electron chi connectivity index (χ4n) is 6.42. The van der Waals surface area contributed by atoms with Crippen LogP contribution in [0.2, 0.25) is 0 Å². The van der Waals surface area contributed by atoms with Gasteiger partial charge in [0.2, 0.25) is 0 Å². The zero-order valence-electron chi connectivity index (χ0n) is 29.8. The minimum atomic E-state index is -4.12. The molecule has 5 aromatic rings. The molecule has 2 amide bonds. The van der Waals surface area contributed by atoms with Crippen molar-refractivity contribution in [3.63, 3.8) is 0 Å². The van der Waals surface area contributed by atoms with Gasteiger partial charge in [0, 0.05) is 22.7 Å². The zero-order valence-corrected chi connectivity index (χ0v) is 31.4. The summed E-state index contributed by atoms with van der Waals surface area (Å²) in [7, 11) is -2.77. The smallest absolute Gasteiger partial charge is 0.337 e. The lowest BCUT2D eigenvalue weighted by molar-refractivity contribution is 0.0599. The Kier molecular flexibility index (Phi) is 11.6. The number of anilines is 3. The quantitative estimate of drug-likeness (QED) is 0.103.